The zero-order valence-corrected chi connectivity index (χ0v) is 19.5. The molecule has 0 heterocycles. The number of aliphatic hydroxyl groups excluding tert-OH is 2. The summed E-state index contributed by atoms with van der Waals surface area (Å²) < 4.78 is 0. The molecule has 0 saturated heterocycles. The van der Waals surface area contributed by atoms with Gasteiger partial charge < -0.3 is 15.5 Å². The van der Waals surface area contributed by atoms with E-state index >= 15 is 0 Å². The molecule has 0 spiro atoms. The standard InChI is InChI=1S/C26H45NO3/c1-17(4-9-24(30)27-14-15-28)21-7-8-22-20-6-5-18-16-19(29)10-12-25(18,2)23(20)11-13-26(21,22)3/h17-23,28-29H,4-16H2,1-3H3,(H,27,30)/t17-,18-,19-,20-,21+,22-,23+,25+,26-/m1/s1. The van der Waals surface area contributed by atoms with E-state index in [9.17, 15) is 9.90 Å². The molecule has 0 aliphatic heterocycles. The first-order valence-corrected chi connectivity index (χ1v) is 12.8. The van der Waals surface area contributed by atoms with Crippen LogP contribution in [0.5, 0.6) is 0 Å². The molecule has 172 valence electrons. The van der Waals surface area contributed by atoms with Crippen molar-refractivity contribution in [2.75, 3.05) is 13.2 Å². The molecular formula is C26H45NO3. The van der Waals surface area contributed by atoms with Gasteiger partial charge >= 0.3 is 0 Å². The Hall–Kier alpha value is -0.610. The third-order valence-corrected chi connectivity index (χ3v) is 10.7. The topological polar surface area (TPSA) is 69.6 Å². The lowest BCUT2D eigenvalue weighted by molar-refractivity contribution is -0.129. The first-order chi connectivity index (χ1) is 14.3. The average Bonchev–Trinajstić information content (AvgIpc) is 3.08. The highest BCUT2D eigenvalue weighted by Gasteiger charge is 2.60. The van der Waals surface area contributed by atoms with Gasteiger partial charge in [0, 0.05) is 13.0 Å². The molecule has 1 amide bonds. The maximum Gasteiger partial charge on any atom is 0.220 e. The lowest BCUT2D eigenvalue weighted by Crippen LogP contribution is -2.54. The fraction of sp³-hybridized carbons (Fsp3) is 0.962. The summed E-state index contributed by atoms with van der Waals surface area (Å²) in [5.74, 6) is 4.76. The minimum atomic E-state index is -0.0558. The molecule has 4 saturated carbocycles. The number of nitrogens with one attached hydrogen (secondary N) is 1. The van der Waals surface area contributed by atoms with Crippen LogP contribution in [0.15, 0.2) is 0 Å². The van der Waals surface area contributed by atoms with E-state index in [0.717, 1.165) is 48.9 Å². The highest BCUT2D eigenvalue weighted by atomic mass is 16.3. The van der Waals surface area contributed by atoms with Gasteiger partial charge in [0.25, 0.3) is 0 Å². The number of fused-ring (bicyclic) bond motifs is 5. The maximum atomic E-state index is 12.0. The Kier molecular flexibility index (Phi) is 6.57. The van der Waals surface area contributed by atoms with Gasteiger partial charge in [-0.1, -0.05) is 20.8 Å². The van der Waals surface area contributed by atoms with Crippen LogP contribution >= 0.6 is 0 Å². The lowest BCUT2D eigenvalue weighted by Gasteiger charge is -2.61. The third kappa shape index (κ3) is 3.85. The maximum absolute atomic E-state index is 12.0. The number of carbonyl (C=O) groups is 1. The Morgan fingerprint density at radius 3 is 2.53 bits per heavy atom. The van der Waals surface area contributed by atoms with Gasteiger partial charge in [-0.2, -0.15) is 0 Å². The summed E-state index contributed by atoms with van der Waals surface area (Å²) in [6.07, 6.45) is 12.9. The SMILES string of the molecule is C[C@H](CCC(=O)NCCO)[C@@H]1CC[C@@H]2[C@H]3CC[C@@H]4C[C@H](O)CC[C@]4(C)[C@H]3CC[C@@]21C. The second-order valence-corrected chi connectivity index (χ2v) is 11.9. The number of hydrogen-bond donors (Lipinski definition) is 3. The smallest absolute Gasteiger partial charge is 0.220 e. The van der Waals surface area contributed by atoms with Crippen molar-refractivity contribution in [3.8, 4) is 0 Å². The molecule has 4 rings (SSSR count). The molecule has 4 aliphatic rings. The fourth-order valence-corrected chi connectivity index (χ4v) is 9.05. The Labute approximate surface area is 183 Å². The largest absolute Gasteiger partial charge is 0.395 e. The molecule has 4 heteroatoms. The van der Waals surface area contributed by atoms with Crippen LogP contribution < -0.4 is 5.32 Å². The van der Waals surface area contributed by atoms with Crippen molar-refractivity contribution >= 4 is 5.91 Å². The summed E-state index contributed by atoms with van der Waals surface area (Å²) in [7, 11) is 0. The Morgan fingerprint density at radius 2 is 1.77 bits per heavy atom. The van der Waals surface area contributed by atoms with Gasteiger partial charge in [0.1, 0.15) is 0 Å². The van der Waals surface area contributed by atoms with E-state index in [1.165, 1.54) is 44.9 Å². The van der Waals surface area contributed by atoms with Crippen molar-refractivity contribution in [1.29, 1.82) is 0 Å². The van der Waals surface area contributed by atoms with E-state index < -0.39 is 0 Å². The predicted octanol–water partition coefficient (Wildman–Crippen LogP) is 4.53. The van der Waals surface area contributed by atoms with Crippen molar-refractivity contribution in [2.45, 2.75) is 97.5 Å². The van der Waals surface area contributed by atoms with Crippen molar-refractivity contribution in [2.24, 2.45) is 46.3 Å². The van der Waals surface area contributed by atoms with Gasteiger partial charge in [-0.25, -0.2) is 0 Å². The molecule has 0 aromatic carbocycles. The highest BCUT2D eigenvalue weighted by molar-refractivity contribution is 5.75. The molecule has 0 unspecified atom stereocenters. The Bertz CT molecular complexity index is 623. The molecule has 0 aromatic rings. The summed E-state index contributed by atoms with van der Waals surface area (Å²) in [4.78, 5) is 12.0. The van der Waals surface area contributed by atoms with Crippen LogP contribution in [-0.2, 0) is 4.79 Å². The monoisotopic (exact) mass is 419 g/mol. The molecule has 4 nitrogen and oxygen atoms in total. The summed E-state index contributed by atoms with van der Waals surface area (Å²) in [5, 5.41) is 21.9. The van der Waals surface area contributed by atoms with Crippen molar-refractivity contribution in [3.63, 3.8) is 0 Å². The molecule has 9 atom stereocenters. The van der Waals surface area contributed by atoms with E-state index in [-0.39, 0.29) is 18.6 Å². The average molecular weight is 420 g/mol. The summed E-state index contributed by atoms with van der Waals surface area (Å²) in [6.45, 7) is 7.93. The molecule has 0 bridgehead atoms. The van der Waals surface area contributed by atoms with Gasteiger partial charge in [0.2, 0.25) is 5.91 Å². The van der Waals surface area contributed by atoms with E-state index in [0.29, 0.717) is 29.7 Å². The van der Waals surface area contributed by atoms with Gasteiger partial charge in [0.15, 0.2) is 0 Å². The van der Waals surface area contributed by atoms with Crippen molar-refractivity contribution in [1.82, 2.24) is 5.32 Å². The second-order valence-electron chi connectivity index (χ2n) is 11.9. The summed E-state index contributed by atoms with van der Waals surface area (Å²) in [6, 6.07) is 0. The Morgan fingerprint density at radius 1 is 1.03 bits per heavy atom. The zero-order chi connectivity index (χ0) is 21.5. The lowest BCUT2D eigenvalue weighted by atomic mass is 9.44. The van der Waals surface area contributed by atoms with Crippen LogP contribution in [0.4, 0.5) is 0 Å². The molecule has 4 aliphatic carbocycles. The molecule has 0 aromatic heterocycles. The van der Waals surface area contributed by atoms with Gasteiger partial charge in [0.05, 0.1) is 12.7 Å². The highest BCUT2D eigenvalue weighted by Crippen LogP contribution is 2.68. The molecule has 30 heavy (non-hydrogen) atoms. The molecular weight excluding hydrogens is 374 g/mol. The van der Waals surface area contributed by atoms with Gasteiger partial charge in [-0.05, 0) is 111 Å². The quantitative estimate of drug-likeness (QED) is 0.592. The number of carbonyl (C=O) groups excluding carboxylic acids is 1. The number of amides is 1. The van der Waals surface area contributed by atoms with E-state index in [2.05, 4.69) is 26.1 Å². The van der Waals surface area contributed by atoms with Crippen molar-refractivity contribution < 1.29 is 15.0 Å². The first-order valence-electron chi connectivity index (χ1n) is 12.8. The Balaban J connectivity index is 1.42. The summed E-state index contributed by atoms with van der Waals surface area (Å²) in [5.41, 5.74) is 0.900. The summed E-state index contributed by atoms with van der Waals surface area (Å²) >= 11 is 0. The normalized spacial score (nSPS) is 46.4. The minimum absolute atomic E-state index is 0.0188. The van der Waals surface area contributed by atoms with Crippen molar-refractivity contribution in [3.05, 3.63) is 0 Å². The van der Waals surface area contributed by atoms with Crippen LogP contribution in [0.2, 0.25) is 0 Å². The van der Waals surface area contributed by atoms with Crippen LogP contribution in [-0.4, -0.2) is 35.4 Å². The van der Waals surface area contributed by atoms with Crippen LogP contribution in [0.3, 0.4) is 0 Å². The van der Waals surface area contributed by atoms with E-state index in [1.807, 2.05) is 0 Å². The predicted molar refractivity (Wildman–Crippen MR) is 120 cm³/mol. The number of rotatable bonds is 6. The van der Waals surface area contributed by atoms with Gasteiger partial charge in [-0.3, -0.25) is 4.79 Å². The number of hydrogen-bond acceptors (Lipinski definition) is 3. The van der Waals surface area contributed by atoms with Crippen LogP contribution in [0.25, 0.3) is 0 Å². The van der Waals surface area contributed by atoms with E-state index in [1.54, 1.807) is 0 Å². The zero-order valence-electron chi connectivity index (χ0n) is 19.5. The fourth-order valence-electron chi connectivity index (χ4n) is 9.05. The second kappa shape index (κ2) is 8.73. The molecule has 4 fully saturated rings. The van der Waals surface area contributed by atoms with Crippen LogP contribution in [0.1, 0.15) is 91.4 Å². The molecule has 3 N–H and O–H groups in total. The number of aliphatic hydroxyl groups is 2. The molecule has 0 radical (unpaired) electrons. The minimum Gasteiger partial charge on any atom is -0.395 e. The third-order valence-electron chi connectivity index (χ3n) is 10.7. The first kappa shape index (κ1) is 22.6. The van der Waals surface area contributed by atoms with Gasteiger partial charge in [-0.15, -0.1) is 0 Å². The van der Waals surface area contributed by atoms with E-state index in [4.69, 9.17) is 5.11 Å². The van der Waals surface area contributed by atoms with Crippen LogP contribution in [0, 0.1) is 46.3 Å².